The summed E-state index contributed by atoms with van der Waals surface area (Å²) in [5, 5.41) is 5.58. The Hall–Kier alpha value is -1.62. The highest BCUT2D eigenvalue weighted by Crippen LogP contribution is 2.15. The van der Waals surface area contributed by atoms with Gasteiger partial charge in [0.2, 0.25) is 11.8 Å². The summed E-state index contributed by atoms with van der Waals surface area (Å²) in [6.07, 6.45) is 1.71. The van der Waals surface area contributed by atoms with E-state index >= 15 is 0 Å². The molecule has 5 nitrogen and oxygen atoms in total. The minimum atomic E-state index is -0.254. The fourth-order valence-corrected chi connectivity index (χ4v) is 1.31. The van der Waals surface area contributed by atoms with Crippen LogP contribution in [0, 0.1) is 0 Å². The van der Waals surface area contributed by atoms with Crippen LogP contribution in [0.4, 0.5) is 0 Å². The highest BCUT2D eigenvalue weighted by Gasteiger charge is 2.12. The maximum Gasteiger partial charge on any atom is 0.234 e. The van der Waals surface area contributed by atoms with Gasteiger partial charge in [0, 0.05) is 18.8 Å². The Kier molecular flexibility index (Phi) is 5.09. The summed E-state index contributed by atoms with van der Waals surface area (Å²) in [5.74, 6) is 0.556. The van der Waals surface area contributed by atoms with Gasteiger partial charge in [0.25, 0.3) is 0 Å². The Bertz CT molecular complexity index is 382. The van der Waals surface area contributed by atoms with E-state index in [2.05, 4.69) is 15.6 Å². The number of hydrogen-bond donors (Lipinski definition) is 2. The molecule has 0 atom stereocenters. The van der Waals surface area contributed by atoms with Crippen molar-refractivity contribution in [1.29, 1.82) is 0 Å². The van der Waals surface area contributed by atoms with Crippen LogP contribution < -0.4 is 15.4 Å². The third kappa shape index (κ3) is 5.63. The SMILES string of the molecule is CNCC(=O)NCc1ccc(OC(C)(C)C)nc1. The zero-order valence-electron chi connectivity index (χ0n) is 11.4. The summed E-state index contributed by atoms with van der Waals surface area (Å²) in [5.41, 5.74) is 0.691. The van der Waals surface area contributed by atoms with Gasteiger partial charge >= 0.3 is 0 Å². The van der Waals surface area contributed by atoms with Crippen molar-refractivity contribution in [2.45, 2.75) is 32.9 Å². The summed E-state index contributed by atoms with van der Waals surface area (Å²) in [4.78, 5) is 15.5. The van der Waals surface area contributed by atoms with Gasteiger partial charge in [-0.1, -0.05) is 6.07 Å². The zero-order chi connectivity index (χ0) is 13.6. The number of nitrogens with zero attached hydrogens (tertiary/aromatic N) is 1. The van der Waals surface area contributed by atoms with E-state index in [9.17, 15) is 4.79 Å². The molecule has 0 aliphatic carbocycles. The van der Waals surface area contributed by atoms with E-state index in [4.69, 9.17) is 4.74 Å². The molecule has 0 unspecified atom stereocenters. The van der Waals surface area contributed by atoms with E-state index in [0.29, 0.717) is 19.0 Å². The topological polar surface area (TPSA) is 63.2 Å². The van der Waals surface area contributed by atoms with E-state index < -0.39 is 0 Å². The molecule has 2 N–H and O–H groups in total. The molecule has 0 saturated carbocycles. The van der Waals surface area contributed by atoms with Crippen LogP contribution in [0.2, 0.25) is 0 Å². The number of ether oxygens (including phenoxy) is 1. The first-order valence-electron chi connectivity index (χ1n) is 5.96. The van der Waals surface area contributed by atoms with Gasteiger partial charge in [0.05, 0.1) is 6.54 Å². The Morgan fingerprint density at radius 2 is 2.11 bits per heavy atom. The van der Waals surface area contributed by atoms with Crippen molar-refractivity contribution in [3.05, 3.63) is 23.9 Å². The number of rotatable bonds is 5. The summed E-state index contributed by atoms with van der Waals surface area (Å²) >= 11 is 0. The normalized spacial score (nSPS) is 11.1. The highest BCUT2D eigenvalue weighted by molar-refractivity contribution is 5.77. The lowest BCUT2D eigenvalue weighted by atomic mass is 10.2. The molecule has 0 radical (unpaired) electrons. The second-order valence-electron chi connectivity index (χ2n) is 5.03. The van der Waals surface area contributed by atoms with Crippen molar-refractivity contribution in [1.82, 2.24) is 15.6 Å². The van der Waals surface area contributed by atoms with E-state index in [-0.39, 0.29) is 11.5 Å². The minimum Gasteiger partial charge on any atom is -0.472 e. The van der Waals surface area contributed by atoms with E-state index in [0.717, 1.165) is 5.56 Å². The van der Waals surface area contributed by atoms with Crippen molar-refractivity contribution in [2.24, 2.45) is 0 Å². The highest BCUT2D eigenvalue weighted by atomic mass is 16.5. The van der Waals surface area contributed by atoms with Gasteiger partial charge in [-0.3, -0.25) is 4.79 Å². The average Bonchev–Trinajstić information content (AvgIpc) is 2.26. The van der Waals surface area contributed by atoms with Gasteiger partial charge in [-0.2, -0.15) is 0 Å². The number of carbonyl (C=O) groups is 1. The molecule has 0 saturated heterocycles. The predicted molar refractivity (Wildman–Crippen MR) is 70.4 cm³/mol. The second kappa shape index (κ2) is 6.35. The van der Waals surface area contributed by atoms with Crippen LogP contribution in [-0.2, 0) is 11.3 Å². The first-order chi connectivity index (χ1) is 8.40. The van der Waals surface area contributed by atoms with Gasteiger partial charge in [-0.25, -0.2) is 4.98 Å². The summed E-state index contributed by atoms with van der Waals surface area (Å²) in [6, 6.07) is 3.71. The maximum absolute atomic E-state index is 11.3. The summed E-state index contributed by atoms with van der Waals surface area (Å²) in [6.45, 7) is 6.71. The fraction of sp³-hybridized carbons (Fsp3) is 0.538. The molecule has 1 heterocycles. The van der Waals surface area contributed by atoms with Crippen molar-refractivity contribution in [2.75, 3.05) is 13.6 Å². The first-order valence-corrected chi connectivity index (χ1v) is 5.96. The molecule has 0 fully saturated rings. The standard InChI is InChI=1S/C13H21N3O2/c1-13(2,3)18-12-6-5-10(8-16-12)7-15-11(17)9-14-4/h5-6,8,14H,7,9H2,1-4H3,(H,15,17). The van der Waals surface area contributed by atoms with Crippen LogP contribution in [0.25, 0.3) is 0 Å². The molecule has 0 aliphatic rings. The molecule has 1 aromatic heterocycles. The Balaban J connectivity index is 2.48. The molecule has 0 aliphatic heterocycles. The lowest BCUT2D eigenvalue weighted by Gasteiger charge is -2.20. The van der Waals surface area contributed by atoms with Crippen molar-refractivity contribution >= 4 is 5.91 Å². The molecular formula is C13H21N3O2. The predicted octanol–water partition coefficient (Wildman–Crippen LogP) is 1.09. The van der Waals surface area contributed by atoms with Crippen LogP contribution in [0.15, 0.2) is 18.3 Å². The van der Waals surface area contributed by atoms with Crippen LogP contribution in [0.3, 0.4) is 0 Å². The number of likely N-dealkylation sites (N-methyl/N-ethyl adjacent to an activating group) is 1. The molecule has 100 valence electrons. The van der Waals surface area contributed by atoms with E-state index in [1.807, 2.05) is 32.9 Å². The van der Waals surface area contributed by atoms with Crippen LogP contribution in [0.5, 0.6) is 5.88 Å². The Labute approximate surface area is 108 Å². The second-order valence-corrected chi connectivity index (χ2v) is 5.03. The maximum atomic E-state index is 11.3. The average molecular weight is 251 g/mol. The van der Waals surface area contributed by atoms with E-state index in [1.165, 1.54) is 0 Å². The fourth-order valence-electron chi connectivity index (χ4n) is 1.31. The van der Waals surface area contributed by atoms with Gasteiger partial charge in [0.1, 0.15) is 5.60 Å². The summed E-state index contributed by atoms with van der Waals surface area (Å²) in [7, 11) is 1.74. The van der Waals surface area contributed by atoms with Crippen LogP contribution in [-0.4, -0.2) is 30.1 Å². The third-order valence-corrected chi connectivity index (χ3v) is 2.04. The zero-order valence-corrected chi connectivity index (χ0v) is 11.4. The number of pyridine rings is 1. The van der Waals surface area contributed by atoms with Crippen LogP contribution in [0.1, 0.15) is 26.3 Å². The molecule has 0 aromatic carbocycles. The minimum absolute atomic E-state index is 0.0347. The molecule has 1 rings (SSSR count). The molecule has 5 heteroatoms. The Morgan fingerprint density at radius 1 is 1.39 bits per heavy atom. The lowest BCUT2D eigenvalue weighted by molar-refractivity contribution is -0.120. The van der Waals surface area contributed by atoms with Gasteiger partial charge < -0.3 is 15.4 Å². The summed E-state index contributed by atoms with van der Waals surface area (Å²) < 4.78 is 5.61. The van der Waals surface area contributed by atoms with Crippen molar-refractivity contribution in [3.63, 3.8) is 0 Å². The van der Waals surface area contributed by atoms with Crippen molar-refractivity contribution in [3.8, 4) is 5.88 Å². The Morgan fingerprint density at radius 3 is 2.61 bits per heavy atom. The third-order valence-electron chi connectivity index (χ3n) is 2.04. The molecule has 0 bridgehead atoms. The lowest BCUT2D eigenvalue weighted by Crippen LogP contribution is -2.31. The van der Waals surface area contributed by atoms with Crippen molar-refractivity contribution < 1.29 is 9.53 Å². The van der Waals surface area contributed by atoms with Gasteiger partial charge in [-0.05, 0) is 33.4 Å². The number of carbonyl (C=O) groups excluding carboxylic acids is 1. The molecule has 1 amide bonds. The quantitative estimate of drug-likeness (QED) is 0.822. The largest absolute Gasteiger partial charge is 0.472 e. The monoisotopic (exact) mass is 251 g/mol. The molecule has 0 spiro atoms. The van der Waals surface area contributed by atoms with Gasteiger partial charge in [0.15, 0.2) is 0 Å². The molecule has 1 aromatic rings. The first kappa shape index (κ1) is 14.4. The van der Waals surface area contributed by atoms with Gasteiger partial charge in [-0.15, -0.1) is 0 Å². The smallest absolute Gasteiger partial charge is 0.234 e. The number of aromatic nitrogens is 1. The van der Waals surface area contributed by atoms with Crippen LogP contribution >= 0.6 is 0 Å². The number of nitrogens with one attached hydrogen (secondary N) is 2. The number of amides is 1. The molecule has 18 heavy (non-hydrogen) atoms. The van der Waals surface area contributed by atoms with E-state index in [1.54, 1.807) is 13.2 Å². The number of hydrogen-bond acceptors (Lipinski definition) is 4. The molecular weight excluding hydrogens is 230 g/mol.